The molecule has 0 aliphatic carbocycles. The van der Waals surface area contributed by atoms with Gasteiger partial charge < -0.3 is 5.32 Å². The second kappa shape index (κ2) is 5.19. The Labute approximate surface area is 140 Å². The predicted octanol–water partition coefficient (Wildman–Crippen LogP) is 4.47. The largest absolute Gasteiger partial charge is 0.326 e. The van der Waals surface area contributed by atoms with Gasteiger partial charge in [-0.25, -0.2) is 0 Å². The number of fused-ring (bicyclic) bond motifs is 3. The number of benzene rings is 2. The van der Waals surface area contributed by atoms with Gasteiger partial charge in [0, 0.05) is 33.6 Å². The lowest BCUT2D eigenvalue weighted by Crippen LogP contribution is -2.24. The highest BCUT2D eigenvalue weighted by molar-refractivity contribution is 7.00. The molecule has 2 heterocycles. The van der Waals surface area contributed by atoms with Crippen molar-refractivity contribution in [1.82, 2.24) is 8.75 Å². The van der Waals surface area contributed by atoms with E-state index < -0.39 is 0 Å². The number of aromatic nitrogens is 2. The highest BCUT2D eigenvalue weighted by Crippen LogP contribution is 2.43. The van der Waals surface area contributed by atoms with E-state index in [1.54, 1.807) is 12.1 Å². The van der Waals surface area contributed by atoms with Crippen LogP contribution in [0.2, 0.25) is 10.0 Å². The Morgan fingerprint density at radius 3 is 2.86 bits per heavy atom. The molecule has 2 aromatic carbocycles. The van der Waals surface area contributed by atoms with Crippen LogP contribution < -0.4 is 5.32 Å². The number of anilines is 1. The number of nitrogens with zero attached hydrogens (tertiary/aromatic N) is 2. The van der Waals surface area contributed by atoms with Crippen LogP contribution in [0, 0.1) is 0 Å². The fraction of sp³-hybridized carbons (Fsp3) is 0.133. The van der Waals surface area contributed by atoms with Crippen LogP contribution in [-0.4, -0.2) is 14.7 Å². The summed E-state index contributed by atoms with van der Waals surface area (Å²) in [7, 11) is 0. The van der Waals surface area contributed by atoms with Crippen molar-refractivity contribution in [2.45, 2.75) is 12.3 Å². The van der Waals surface area contributed by atoms with Gasteiger partial charge in [-0.05, 0) is 29.8 Å². The normalized spacial score (nSPS) is 17.4. The summed E-state index contributed by atoms with van der Waals surface area (Å²) in [5, 5.41) is 4.03. The van der Waals surface area contributed by atoms with Crippen LogP contribution in [0.5, 0.6) is 0 Å². The Bertz CT molecular complexity index is 909. The lowest BCUT2D eigenvalue weighted by Gasteiger charge is -2.26. The van der Waals surface area contributed by atoms with Gasteiger partial charge in [0.05, 0.1) is 11.7 Å². The summed E-state index contributed by atoms with van der Waals surface area (Å²) < 4.78 is 8.66. The van der Waals surface area contributed by atoms with Crippen molar-refractivity contribution >= 4 is 57.6 Å². The molecule has 1 aliphatic rings. The first-order chi connectivity index (χ1) is 10.6. The molecule has 1 amide bonds. The molecule has 0 fully saturated rings. The summed E-state index contributed by atoms with van der Waals surface area (Å²) in [4.78, 5) is 12.0. The SMILES string of the molecule is O=C1CC(c2ccc(Cl)cc2Cl)c2c(ccc3nsnc23)N1. The van der Waals surface area contributed by atoms with Crippen molar-refractivity contribution < 1.29 is 4.79 Å². The first-order valence-electron chi connectivity index (χ1n) is 6.63. The summed E-state index contributed by atoms with van der Waals surface area (Å²) in [6.07, 6.45) is 0.324. The van der Waals surface area contributed by atoms with Gasteiger partial charge in [-0.2, -0.15) is 8.75 Å². The molecule has 1 aromatic heterocycles. The van der Waals surface area contributed by atoms with Crippen molar-refractivity contribution in [3.63, 3.8) is 0 Å². The standard InChI is InChI=1S/C15H9Cl2N3OS/c16-7-1-2-8(10(17)5-7)9-6-13(21)18-11-3-4-12-15(14(9)11)20-22-19-12/h1-5,9H,6H2,(H,18,21). The summed E-state index contributed by atoms with van der Waals surface area (Å²) in [5.41, 5.74) is 4.26. The average Bonchev–Trinajstić information content (AvgIpc) is 2.94. The number of hydrogen-bond acceptors (Lipinski definition) is 4. The molecule has 1 N–H and O–H groups in total. The van der Waals surface area contributed by atoms with Gasteiger partial charge in [-0.3, -0.25) is 4.79 Å². The maximum absolute atomic E-state index is 12.0. The lowest BCUT2D eigenvalue weighted by atomic mass is 9.84. The highest BCUT2D eigenvalue weighted by Gasteiger charge is 2.30. The topological polar surface area (TPSA) is 54.9 Å². The minimum Gasteiger partial charge on any atom is -0.326 e. The third-order valence-electron chi connectivity index (χ3n) is 3.82. The Balaban J connectivity index is 1.98. The molecule has 1 aliphatic heterocycles. The van der Waals surface area contributed by atoms with E-state index in [9.17, 15) is 4.79 Å². The van der Waals surface area contributed by atoms with E-state index in [4.69, 9.17) is 23.2 Å². The summed E-state index contributed by atoms with van der Waals surface area (Å²) in [6.45, 7) is 0. The van der Waals surface area contributed by atoms with Gasteiger partial charge in [0.2, 0.25) is 5.91 Å². The van der Waals surface area contributed by atoms with E-state index >= 15 is 0 Å². The third kappa shape index (κ3) is 2.17. The number of rotatable bonds is 1. The predicted molar refractivity (Wildman–Crippen MR) is 89.0 cm³/mol. The van der Waals surface area contributed by atoms with E-state index in [0.717, 1.165) is 39.6 Å². The Kier molecular flexibility index (Phi) is 3.29. The molecule has 0 saturated heterocycles. The maximum atomic E-state index is 12.0. The van der Waals surface area contributed by atoms with E-state index in [2.05, 4.69) is 14.1 Å². The maximum Gasteiger partial charge on any atom is 0.225 e. The fourth-order valence-corrected chi connectivity index (χ4v) is 3.96. The van der Waals surface area contributed by atoms with Gasteiger partial charge in [-0.1, -0.05) is 29.3 Å². The third-order valence-corrected chi connectivity index (χ3v) is 4.92. The molecule has 4 nitrogen and oxygen atoms in total. The van der Waals surface area contributed by atoms with Crippen molar-refractivity contribution in [3.05, 3.63) is 51.5 Å². The van der Waals surface area contributed by atoms with Crippen LogP contribution in [0.4, 0.5) is 5.69 Å². The van der Waals surface area contributed by atoms with Gasteiger partial charge in [0.25, 0.3) is 0 Å². The minimum atomic E-state index is -0.152. The summed E-state index contributed by atoms with van der Waals surface area (Å²) in [6, 6.07) is 9.09. The van der Waals surface area contributed by atoms with Crippen LogP contribution in [0.1, 0.15) is 23.5 Å². The molecule has 4 rings (SSSR count). The molecule has 3 aromatic rings. The number of halogens is 2. The van der Waals surface area contributed by atoms with E-state index in [-0.39, 0.29) is 11.8 Å². The number of carbonyl (C=O) groups is 1. The van der Waals surface area contributed by atoms with Crippen LogP contribution in [-0.2, 0) is 4.79 Å². The van der Waals surface area contributed by atoms with E-state index in [1.807, 2.05) is 18.2 Å². The molecule has 110 valence electrons. The Morgan fingerprint density at radius 1 is 1.18 bits per heavy atom. The Hall–Kier alpha value is -1.69. The summed E-state index contributed by atoms with van der Waals surface area (Å²) in [5.74, 6) is -0.188. The fourth-order valence-electron chi connectivity index (χ4n) is 2.87. The molecule has 0 radical (unpaired) electrons. The highest BCUT2D eigenvalue weighted by atomic mass is 35.5. The van der Waals surface area contributed by atoms with Gasteiger partial charge in [-0.15, -0.1) is 0 Å². The number of carbonyl (C=O) groups excluding carboxylic acids is 1. The molecule has 1 atom stereocenters. The minimum absolute atomic E-state index is 0.0361. The zero-order valence-corrected chi connectivity index (χ0v) is 13.5. The quantitative estimate of drug-likeness (QED) is 0.704. The smallest absolute Gasteiger partial charge is 0.225 e. The van der Waals surface area contributed by atoms with E-state index in [1.165, 1.54) is 0 Å². The molecular formula is C15H9Cl2N3OS. The van der Waals surface area contributed by atoms with Gasteiger partial charge >= 0.3 is 0 Å². The Morgan fingerprint density at radius 2 is 2.05 bits per heavy atom. The van der Waals surface area contributed by atoms with Crippen LogP contribution in [0.25, 0.3) is 11.0 Å². The first-order valence-corrected chi connectivity index (χ1v) is 8.12. The molecule has 7 heteroatoms. The zero-order valence-electron chi connectivity index (χ0n) is 11.1. The number of amides is 1. The molecular weight excluding hydrogens is 341 g/mol. The van der Waals surface area contributed by atoms with Crippen molar-refractivity contribution in [3.8, 4) is 0 Å². The molecule has 22 heavy (non-hydrogen) atoms. The number of nitrogens with one attached hydrogen (secondary N) is 1. The molecule has 0 spiro atoms. The van der Waals surface area contributed by atoms with Crippen LogP contribution >= 0.6 is 34.9 Å². The van der Waals surface area contributed by atoms with Crippen molar-refractivity contribution in [2.75, 3.05) is 5.32 Å². The molecule has 1 unspecified atom stereocenters. The monoisotopic (exact) mass is 349 g/mol. The molecule has 0 saturated carbocycles. The van der Waals surface area contributed by atoms with Crippen LogP contribution in [0.3, 0.4) is 0 Å². The van der Waals surface area contributed by atoms with Gasteiger partial charge in [0.15, 0.2) is 0 Å². The average molecular weight is 350 g/mol. The summed E-state index contributed by atoms with van der Waals surface area (Å²) >= 11 is 13.5. The second-order valence-corrected chi connectivity index (χ2v) is 6.50. The van der Waals surface area contributed by atoms with Crippen molar-refractivity contribution in [2.24, 2.45) is 0 Å². The van der Waals surface area contributed by atoms with Crippen molar-refractivity contribution in [1.29, 1.82) is 0 Å². The molecule has 0 bridgehead atoms. The lowest BCUT2D eigenvalue weighted by molar-refractivity contribution is -0.116. The number of hydrogen-bond donors (Lipinski definition) is 1. The van der Waals surface area contributed by atoms with Crippen LogP contribution in [0.15, 0.2) is 30.3 Å². The van der Waals surface area contributed by atoms with E-state index in [0.29, 0.717) is 16.5 Å². The first kappa shape index (κ1) is 13.9. The van der Waals surface area contributed by atoms with Gasteiger partial charge in [0.1, 0.15) is 11.0 Å². The second-order valence-electron chi connectivity index (χ2n) is 5.13. The zero-order chi connectivity index (χ0) is 15.3.